The first kappa shape index (κ1) is 44.2. The summed E-state index contributed by atoms with van der Waals surface area (Å²) in [5.41, 5.74) is 0.591. The van der Waals surface area contributed by atoms with Gasteiger partial charge >= 0.3 is 0 Å². The summed E-state index contributed by atoms with van der Waals surface area (Å²) in [4.78, 5) is 30.3. The molecule has 6 aromatic rings. The average molecular weight is 917 g/mol. The summed E-state index contributed by atoms with van der Waals surface area (Å²) < 4.78 is 48.5. The zero-order valence-electron chi connectivity index (χ0n) is 35.8. The van der Waals surface area contributed by atoms with Gasteiger partial charge in [0.15, 0.2) is 0 Å². The Bertz CT molecular complexity index is 2570. The molecule has 3 aliphatic rings. The molecule has 0 saturated heterocycles. The number of halogens is 5. The predicted molar refractivity (Wildman–Crippen MR) is 246 cm³/mol. The Morgan fingerprint density at radius 1 is 0.667 bits per heavy atom. The Kier molecular flexibility index (Phi) is 13.2. The van der Waals surface area contributed by atoms with Crippen molar-refractivity contribution < 1.29 is 23.0 Å². The Balaban J connectivity index is 1.51. The third kappa shape index (κ3) is 8.06. The number of ether oxygens (including phenoxy) is 2. The number of aromatic nitrogens is 4. The number of methoxy groups -OCH3 is 2. The Hall–Kier alpha value is -4.06. The van der Waals surface area contributed by atoms with Gasteiger partial charge in [0, 0.05) is 49.0 Å². The van der Waals surface area contributed by atoms with Gasteiger partial charge in [0.2, 0.25) is 5.66 Å². The van der Waals surface area contributed by atoms with E-state index in [2.05, 4.69) is 4.90 Å². The highest BCUT2D eigenvalue weighted by Crippen LogP contribution is 2.48. The number of amides is 1. The van der Waals surface area contributed by atoms with Crippen molar-refractivity contribution in [3.05, 3.63) is 128 Å². The van der Waals surface area contributed by atoms with E-state index < -0.39 is 29.5 Å². The first-order valence-electron chi connectivity index (χ1n) is 22.6. The maximum absolute atomic E-state index is 17.6. The van der Waals surface area contributed by atoms with Gasteiger partial charge in [-0.15, -0.1) is 0 Å². The maximum atomic E-state index is 17.6. The number of benzene rings is 4. The molecule has 0 spiro atoms. The van der Waals surface area contributed by atoms with Crippen LogP contribution in [0.5, 0.6) is 0 Å². The summed E-state index contributed by atoms with van der Waals surface area (Å²) >= 11 is 20.7. The van der Waals surface area contributed by atoms with Crippen molar-refractivity contribution in [1.82, 2.24) is 24.0 Å². The first-order chi connectivity index (χ1) is 30.6. The van der Waals surface area contributed by atoms with Gasteiger partial charge in [-0.25, -0.2) is 18.7 Å². The topological polar surface area (TPSA) is 74.4 Å². The summed E-state index contributed by atoms with van der Waals surface area (Å²) in [7, 11) is 3.27. The van der Waals surface area contributed by atoms with Gasteiger partial charge in [-0.05, 0) is 74.3 Å². The molecule has 3 saturated carbocycles. The zero-order valence-corrected chi connectivity index (χ0v) is 38.1. The van der Waals surface area contributed by atoms with Crippen LogP contribution >= 0.6 is 34.8 Å². The highest BCUT2D eigenvalue weighted by atomic mass is 35.5. The van der Waals surface area contributed by atoms with Crippen LogP contribution < -0.4 is 0 Å². The number of carbonyl (C=O) groups is 1. The zero-order chi connectivity index (χ0) is 43.8. The molecule has 8 nitrogen and oxygen atoms in total. The number of carbonyl (C=O) groups excluding carboxylic acids is 1. The second-order valence-electron chi connectivity index (χ2n) is 17.7. The van der Waals surface area contributed by atoms with Crippen LogP contribution in [0.25, 0.3) is 22.1 Å². The van der Waals surface area contributed by atoms with Gasteiger partial charge in [-0.3, -0.25) is 13.9 Å². The molecule has 3 atom stereocenters. The molecule has 2 aromatic heterocycles. The quantitative estimate of drug-likeness (QED) is 0.122. The third-order valence-corrected chi connectivity index (χ3v) is 14.8. The second kappa shape index (κ2) is 18.8. The lowest BCUT2D eigenvalue weighted by Crippen LogP contribution is -2.62. The number of hydrogen-bond donors (Lipinski definition) is 0. The normalized spacial score (nSPS) is 19.0. The summed E-state index contributed by atoms with van der Waals surface area (Å²) in [5, 5.41) is 0.106. The largest absolute Gasteiger partial charge is 0.373 e. The van der Waals surface area contributed by atoms with Crippen LogP contribution in [-0.2, 0) is 19.9 Å². The molecule has 4 aromatic carbocycles. The van der Waals surface area contributed by atoms with Crippen LogP contribution in [-0.4, -0.2) is 56.2 Å². The lowest BCUT2D eigenvalue weighted by Gasteiger charge is -2.49. The molecule has 9 rings (SSSR count). The monoisotopic (exact) mass is 915 g/mol. The highest BCUT2D eigenvalue weighted by molar-refractivity contribution is 6.32. The van der Waals surface area contributed by atoms with Gasteiger partial charge in [0.25, 0.3) is 5.91 Å². The third-order valence-electron chi connectivity index (χ3n) is 13.9. The summed E-state index contributed by atoms with van der Waals surface area (Å²) in [6, 6.07) is 22.5. The molecule has 0 aliphatic heterocycles. The Morgan fingerprint density at radius 3 is 1.71 bits per heavy atom. The fraction of sp³-hybridized carbons (Fsp3) is 0.460. The van der Waals surface area contributed by atoms with Gasteiger partial charge < -0.3 is 14.4 Å². The fourth-order valence-corrected chi connectivity index (χ4v) is 11.6. The standard InChI is InChI=1S/C50H54Cl3F2N5O3/c1-62-45(31-16-7-3-8-17-31)47-56-41-29-39(54)37(52)27-43(41)59(47)50(33-20-15-21-34(51)26-33,49(61)58(35-22-11-5-12-23-35)36-24-13-6-14-25-36)60-44-28-38(53)40(55)30-42(44)57-48(60)46(63-2)32-18-9-4-10-19-32/h3,7-8,15-17,20-21,26-30,32,35-36,45-46H,4-6,9-14,18-19,22-25H2,1-2H3. The van der Waals surface area contributed by atoms with Crippen molar-refractivity contribution in [3.8, 4) is 0 Å². The van der Waals surface area contributed by atoms with E-state index in [9.17, 15) is 0 Å². The molecule has 2 heterocycles. The van der Waals surface area contributed by atoms with Gasteiger partial charge in [0.05, 0.1) is 32.1 Å². The number of rotatable bonds is 12. The van der Waals surface area contributed by atoms with Crippen LogP contribution in [0.1, 0.15) is 131 Å². The van der Waals surface area contributed by atoms with Crippen LogP contribution in [0, 0.1) is 17.6 Å². The van der Waals surface area contributed by atoms with Gasteiger partial charge in [0.1, 0.15) is 35.5 Å². The second-order valence-corrected chi connectivity index (χ2v) is 18.9. The van der Waals surface area contributed by atoms with E-state index in [4.69, 9.17) is 54.2 Å². The molecular formula is C50H54Cl3F2N5O3. The number of imidazole rings is 2. The first-order valence-corrected chi connectivity index (χ1v) is 23.7. The van der Waals surface area contributed by atoms with Crippen molar-refractivity contribution in [2.24, 2.45) is 5.92 Å². The van der Waals surface area contributed by atoms with E-state index in [1.807, 2.05) is 57.7 Å². The molecule has 0 radical (unpaired) electrons. The molecule has 0 N–H and O–H groups in total. The summed E-state index contributed by atoms with van der Waals surface area (Å²) in [6.07, 6.45) is 12.8. The lowest BCUT2D eigenvalue weighted by atomic mass is 9.84. The van der Waals surface area contributed by atoms with Crippen molar-refractivity contribution in [2.75, 3.05) is 14.2 Å². The van der Waals surface area contributed by atoms with E-state index in [0.717, 1.165) is 102 Å². The molecule has 63 heavy (non-hydrogen) atoms. The molecule has 3 aliphatic carbocycles. The lowest BCUT2D eigenvalue weighted by molar-refractivity contribution is -0.147. The van der Waals surface area contributed by atoms with E-state index >= 15 is 13.6 Å². The number of fused-ring (bicyclic) bond motifs is 2. The van der Waals surface area contributed by atoms with Crippen LogP contribution in [0.4, 0.5) is 8.78 Å². The van der Waals surface area contributed by atoms with Crippen LogP contribution in [0.15, 0.2) is 78.9 Å². The molecule has 3 fully saturated rings. The van der Waals surface area contributed by atoms with Gasteiger partial charge in [-0.1, -0.05) is 135 Å². The van der Waals surface area contributed by atoms with E-state index in [1.54, 1.807) is 32.4 Å². The average Bonchev–Trinajstić information content (AvgIpc) is 3.84. The molecule has 0 bridgehead atoms. The summed E-state index contributed by atoms with van der Waals surface area (Å²) in [5.74, 6) is -0.778. The minimum atomic E-state index is -1.99. The maximum Gasteiger partial charge on any atom is 0.275 e. The van der Waals surface area contributed by atoms with Crippen molar-refractivity contribution in [1.29, 1.82) is 0 Å². The molecule has 1 amide bonds. The number of hydrogen-bond acceptors (Lipinski definition) is 5. The van der Waals surface area contributed by atoms with E-state index in [1.165, 1.54) is 12.1 Å². The molecule has 332 valence electrons. The molecular weight excluding hydrogens is 863 g/mol. The fourth-order valence-electron chi connectivity index (χ4n) is 11.1. The predicted octanol–water partition coefficient (Wildman–Crippen LogP) is 13.4. The number of nitrogens with zero attached hydrogens (tertiary/aromatic N) is 5. The molecule has 13 heteroatoms. The van der Waals surface area contributed by atoms with E-state index in [-0.39, 0.29) is 39.5 Å². The van der Waals surface area contributed by atoms with Crippen LogP contribution in [0.3, 0.4) is 0 Å². The van der Waals surface area contributed by atoms with Gasteiger partial charge in [-0.2, -0.15) is 0 Å². The Morgan fingerprint density at radius 2 is 1.19 bits per heavy atom. The summed E-state index contributed by atoms with van der Waals surface area (Å²) in [6.45, 7) is 0. The van der Waals surface area contributed by atoms with Crippen LogP contribution in [0.2, 0.25) is 15.1 Å². The molecule has 3 unspecified atom stereocenters. The smallest absolute Gasteiger partial charge is 0.275 e. The Labute approximate surface area is 382 Å². The minimum absolute atomic E-state index is 0.0261. The highest BCUT2D eigenvalue weighted by Gasteiger charge is 2.55. The van der Waals surface area contributed by atoms with E-state index in [0.29, 0.717) is 38.8 Å². The minimum Gasteiger partial charge on any atom is -0.373 e. The SMILES string of the molecule is COC(c1ccccc1)c1nc2cc(F)c(Cl)cc2n1C(C(=O)N(C1CCCCC1)C1CCCCC1)(c1cccc(Cl)c1)n1c(C(OC)C2CCCCC2)nc2cc(F)c(Cl)cc21. The van der Waals surface area contributed by atoms with Crippen molar-refractivity contribution in [3.63, 3.8) is 0 Å². The van der Waals surface area contributed by atoms with Crippen molar-refractivity contribution >= 4 is 62.8 Å². The van der Waals surface area contributed by atoms with Crippen molar-refractivity contribution in [2.45, 2.75) is 126 Å².